The van der Waals surface area contributed by atoms with Crippen LogP contribution in [-0.2, 0) is 0 Å². The molecule has 1 aliphatic carbocycles. The molecule has 5 heteroatoms. The first-order valence-electron chi connectivity index (χ1n) is 6.33. The van der Waals surface area contributed by atoms with Crippen molar-refractivity contribution in [2.75, 3.05) is 12.4 Å². The van der Waals surface area contributed by atoms with Crippen molar-refractivity contribution in [3.63, 3.8) is 0 Å². The Morgan fingerprint density at radius 2 is 2.11 bits per heavy atom. The van der Waals surface area contributed by atoms with Crippen LogP contribution >= 0.6 is 11.3 Å². The zero-order valence-electron chi connectivity index (χ0n) is 10.4. The Hall–Kier alpha value is -1.49. The van der Waals surface area contributed by atoms with Gasteiger partial charge in [-0.25, -0.2) is 15.0 Å². The normalized spacial score (nSPS) is 16.1. The van der Waals surface area contributed by atoms with E-state index >= 15 is 0 Å². The van der Waals surface area contributed by atoms with Gasteiger partial charge in [0.25, 0.3) is 0 Å². The van der Waals surface area contributed by atoms with Crippen molar-refractivity contribution in [3.05, 3.63) is 23.3 Å². The minimum atomic E-state index is 0.596. The van der Waals surface area contributed by atoms with Gasteiger partial charge in [-0.2, -0.15) is 0 Å². The smallest absolute Gasteiger partial charge is 0.190 e. The molecule has 1 saturated carbocycles. The average molecular weight is 260 g/mol. The summed E-state index contributed by atoms with van der Waals surface area (Å²) in [6.45, 7) is 0. The highest BCUT2D eigenvalue weighted by molar-refractivity contribution is 7.13. The molecule has 0 amide bonds. The molecule has 0 bridgehead atoms. The van der Waals surface area contributed by atoms with Gasteiger partial charge in [-0.15, -0.1) is 11.3 Å². The number of thiazole rings is 1. The van der Waals surface area contributed by atoms with Crippen LogP contribution in [0.4, 0.5) is 5.82 Å². The molecular weight excluding hydrogens is 244 g/mol. The lowest BCUT2D eigenvalue weighted by molar-refractivity contribution is 0.696. The first-order valence-corrected chi connectivity index (χ1v) is 7.21. The first kappa shape index (κ1) is 11.6. The first-order chi connectivity index (χ1) is 8.86. The van der Waals surface area contributed by atoms with Gasteiger partial charge in [0.2, 0.25) is 0 Å². The Kier molecular flexibility index (Phi) is 3.23. The second kappa shape index (κ2) is 5.02. The molecule has 1 fully saturated rings. The monoisotopic (exact) mass is 260 g/mol. The van der Waals surface area contributed by atoms with Crippen molar-refractivity contribution < 1.29 is 0 Å². The molecule has 3 rings (SSSR count). The average Bonchev–Trinajstić information content (AvgIpc) is 3.10. The van der Waals surface area contributed by atoms with Crippen molar-refractivity contribution in [3.8, 4) is 10.8 Å². The lowest BCUT2D eigenvalue weighted by atomic mass is 10.0. The van der Waals surface area contributed by atoms with Crippen LogP contribution in [0.2, 0.25) is 0 Å². The Balaban J connectivity index is 2.01. The van der Waals surface area contributed by atoms with E-state index in [9.17, 15) is 0 Å². The fourth-order valence-corrected chi connectivity index (χ4v) is 3.02. The summed E-state index contributed by atoms with van der Waals surface area (Å²) in [5, 5.41) is 5.97. The zero-order chi connectivity index (χ0) is 12.4. The minimum absolute atomic E-state index is 0.596. The summed E-state index contributed by atoms with van der Waals surface area (Å²) in [7, 11) is 1.90. The summed E-state index contributed by atoms with van der Waals surface area (Å²) in [5.74, 6) is 2.23. The fourth-order valence-electron chi connectivity index (χ4n) is 2.45. The maximum atomic E-state index is 4.70. The molecule has 0 aromatic carbocycles. The molecule has 0 spiro atoms. The van der Waals surface area contributed by atoms with Gasteiger partial charge in [-0.05, 0) is 12.8 Å². The highest BCUT2D eigenvalue weighted by Gasteiger charge is 2.20. The van der Waals surface area contributed by atoms with Gasteiger partial charge in [0.15, 0.2) is 10.8 Å². The Labute approximate surface area is 111 Å². The van der Waals surface area contributed by atoms with E-state index in [1.54, 1.807) is 17.5 Å². The van der Waals surface area contributed by atoms with Gasteiger partial charge in [0.1, 0.15) is 5.82 Å². The summed E-state index contributed by atoms with van der Waals surface area (Å²) >= 11 is 1.58. The highest BCUT2D eigenvalue weighted by Crippen LogP contribution is 2.34. The zero-order valence-corrected chi connectivity index (χ0v) is 11.2. The second-order valence-electron chi connectivity index (χ2n) is 4.57. The van der Waals surface area contributed by atoms with Crippen LogP contribution in [0, 0.1) is 0 Å². The van der Waals surface area contributed by atoms with Crippen molar-refractivity contribution in [1.82, 2.24) is 15.0 Å². The lowest BCUT2D eigenvalue weighted by Gasteiger charge is -2.11. The summed E-state index contributed by atoms with van der Waals surface area (Å²) < 4.78 is 0. The third-order valence-electron chi connectivity index (χ3n) is 3.40. The molecule has 2 aromatic heterocycles. The van der Waals surface area contributed by atoms with Crippen LogP contribution < -0.4 is 5.32 Å². The van der Waals surface area contributed by atoms with Crippen LogP contribution in [0.5, 0.6) is 0 Å². The van der Waals surface area contributed by atoms with E-state index in [-0.39, 0.29) is 0 Å². The molecule has 0 radical (unpaired) electrons. The third kappa shape index (κ3) is 2.22. The van der Waals surface area contributed by atoms with Gasteiger partial charge in [0.05, 0.1) is 0 Å². The van der Waals surface area contributed by atoms with Gasteiger partial charge in [-0.1, -0.05) is 12.8 Å². The Morgan fingerprint density at radius 3 is 2.78 bits per heavy atom. The number of nitrogens with zero attached hydrogens (tertiary/aromatic N) is 3. The Morgan fingerprint density at radius 1 is 1.28 bits per heavy atom. The third-order valence-corrected chi connectivity index (χ3v) is 4.17. The molecular formula is C13H16N4S. The summed E-state index contributed by atoms with van der Waals surface area (Å²) in [5.41, 5.74) is 1.16. The van der Waals surface area contributed by atoms with E-state index in [4.69, 9.17) is 4.98 Å². The van der Waals surface area contributed by atoms with Gasteiger partial charge < -0.3 is 5.32 Å². The number of anilines is 1. The van der Waals surface area contributed by atoms with Crippen LogP contribution in [-0.4, -0.2) is 22.0 Å². The number of aromatic nitrogens is 3. The highest BCUT2D eigenvalue weighted by atomic mass is 32.1. The van der Waals surface area contributed by atoms with Gasteiger partial charge in [-0.3, -0.25) is 0 Å². The number of rotatable bonds is 3. The number of hydrogen-bond donors (Lipinski definition) is 1. The van der Waals surface area contributed by atoms with E-state index in [0.29, 0.717) is 5.92 Å². The molecule has 2 heterocycles. The van der Waals surface area contributed by atoms with Crippen molar-refractivity contribution in [1.29, 1.82) is 0 Å². The standard InChI is InChI=1S/C13H16N4S/c1-14-11-8-10(9-4-2-3-5-9)16-12(17-11)13-15-6-7-18-13/h6-9H,2-5H2,1H3,(H,14,16,17). The second-order valence-corrected chi connectivity index (χ2v) is 5.46. The Bertz CT molecular complexity index is 518. The molecule has 18 heavy (non-hydrogen) atoms. The predicted octanol–water partition coefficient (Wildman–Crippen LogP) is 3.30. The maximum absolute atomic E-state index is 4.70. The lowest BCUT2D eigenvalue weighted by Crippen LogP contribution is -2.03. The minimum Gasteiger partial charge on any atom is -0.373 e. The van der Waals surface area contributed by atoms with Crippen molar-refractivity contribution in [2.45, 2.75) is 31.6 Å². The van der Waals surface area contributed by atoms with Crippen molar-refractivity contribution in [2.24, 2.45) is 0 Å². The van der Waals surface area contributed by atoms with E-state index in [2.05, 4.69) is 21.4 Å². The number of hydrogen-bond acceptors (Lipinski definition) is 5. The predicted molar refractivity (Wildman–Crippen MR) is 73.9 cm³/mol. The van der Waals surface area contributed by atoms with Crippen LogP contribution in [0.25, 0.3) is 10.8 Å². The van der Waals surface area contributed by atoms with Gasteiger partial charge in [0, 0.05) is 36.3 Å². The van der Waals surface area contributed by atoms with Crippen molar-refractivity contribution >= 4 is 17.2 Å². The van der Waals surface area contributed by atoms with E-state index in [0.717, 1.165) is 22.3 Å². The topological polar surface area (TPSA) is 50.7 Å². The maximum Gasteiger partial charge on any atom is 0.190 e. The quantitative estimate of drug-likeness (QED) is 0.920. The van der Waals surface area contributed by atoms with Crippen LogP contribution in [0.15, 0.2) is 17.6 Å². The molecule has 0 unspecified atom stereocenters. The van der Waals surface area contributed by atoms with Gasteiger partial charge >= 0.3 is 0 Å². The molecule has 0 atom stereocenters. The molecule has 94 valence electrons. The number of nitrogens with one attached hydrogen (secondary N) is 1. The van der Waals surface area contributed by atoms with E-state index in [1.807, 2.05) is 12.4 Å². The summed E-state index contributed by atoms with van der Waals surface area (Å²) in [4.78, 5) is 13.5. The van der Waals surface area contributed by atoms with E-state index < -0.39 is 0 Å². The van der Waals surface area contributed by atoms with E-state index in [1.165, 1.54) is 25.7 Å². The molecule has 1 N–H and O–H groups in total. The van der Waals surface area contributed by atoms with Crippen LogP contribution in [0.3, 0.4) is 0 Å². The molecule has 1 aliphatic rings. The largest absolute Gasteiger partial charge is 0.373 e. The molecule has 0 aliphatic heterocycles. The molecule has 4 nitrogen and oxygen atoms in total. The summed E-state index contributed by atoms with van der Waals surface area (Å²) in [6, 6.07) is 2.08. The molecule has 0 saturated heterocycles. The van der Waals surface area contributed by atoms with Crippen LogP contribution in [0.1, 0.15) is 37.3 Å². The SMILES string of the molecule is CNc1cc(C2CCCC2)nc(-c2nccs2)n1. The molecule has 2 aromatic rings. The summed E-state index contributed by atoms with van der Waals surface area (Å²) in [6.07, 6.45) is 6.92. The fraction of sp³-hybridized carbons (Fsp3) is 0.462.